The zero-order chi connectivity index (χ0) is 14.5. The van der Waals surface area contributed by atoms with Gasteiger partial charge in [-0.2, -0.15) is 5.10 Å². The average molecular weight is 276 g/mol. The van der Waals surface area contributed by atoms with Gasteiger partial charge in [-0.1, -0.05) is 48.5 Å². The molecule has 104 valence electrons. The van der Waals surface area contributed by atoms with E-state index in [0.29, 0.717) is 12.8 Å². The Labute approximate surface area is 123 Å². The lowest BCUT2D eigenvalue weighted by Gasteiger charge is -2.00. The van der Waals surface area contributed by atoms with E-state index in [9.17, 15) is 4.79 Å². The number of ketones is 1. The molecule has 0 N–H and O–H groups in total. The van der Waals surface area contributed by atoms with Gasteiger partial charge in [-0.25, -0.2) is 4.68 Å². The highest BCUT2D eigenvalue weighted by atomic mass is 16.1. The lowest BCUT2D eigenvalue weighted by Crippen LogP contribution is -2.00. The fraction of sp³-hybridized carbons (Fsp3) is 0.111. The smallest absolute Gasteiger partial charge is 0.163 e. The van der Waals surface area contributed by atoms with Crippen molar-refractivity contribution in [1.29, 1.82) is 0 Å². The summed E-state index contributed by atoms with van der Waals surface area (Å²) in [5, 5.41) is 4.34. The van der Waals surface area contributed by atoms with Crippen LogP contribution in [-0.4, -0.2) is 15.6 Å². The molecule has 1 aromatic heterocycles. The van der Waals surface area contributed by atoms with E-state index in [-0.39, 0.29) is 5.78 Å². The molecule has 0 bridgehead atoms. The van der Waals surface area contributed by atoms with Crippen molar-refractivity contribution < 1.29 is 4.79 Å². The van der Waals surface area contributed by atoms with Crippen molar-refractivity contribution in [3.05, 3.63) is 84.2 Å². The highest BCUT2D eigenvalue weighted by Gasteiger charge is 2.07. The summed E-state index contributed by atoms with van der Waals surface area (Å²) < 4.78 is 1.84. The Bertz CT molecular complexity index is 717. The molecule has 0 radical (unpaired) electrons. The molecule has 0 unspecified atom stereocenters. The number of hydrogen-bond donors (Lipinski definition) is 0. The molecule has 0 spiro atoms. The highest BCUT2D eigenvalue weighted by molar-refractivity contribution is 5.96. The summed E-state index contributed by atoms with van der Waals surface area (Å²) in [4.78, 5) is 12.1. The number of Topliss-reactive ketones (excluding diaryl/α,β-unsaturated/α-hetero) is 1. The Kier molecular flexibility index (Phi) is 3.92. The number of rotatable bonds is 5. The van der Waals surface area contributed by atoms with Crippen molar-refractivity contribution in [2.45, 2.75) is 12.8 Å². The van der Waals surface area contributed by atoms with Crippen LogP contribution in [0.3, 0.4) is 0 Å². The Hall–Kier alpha value is -2.68. The lowest BCUT2D eigenvalue weighted by molar-refractivity contribution is 0.0983. The molecule has 0 amide bonds. The number of hydrogen-bond acceptors (Lipinski definition) is 2. The number of aryl methyl sites for hydroxylation is 1. The van der Waals surface area contributed by atoms with E-state index in [2.05, 4.69) is 5.10 Å². The summed E-state index contributed by atoms with van der Waals surface area (Å²) in [7, 11) is 0. The monoisotopic (exact) mass is 276 g/mol. The number of carbonyl (C=O) groups is 1. The van der Waals surface area contributed by atoms with Crippen LogP contribution in [-0.2, 0) is 6.42 Å². The molecule has 21 heavy (non-hydrogen) atoms. The van der Waals surface area contributed by atoms with Gasteiger partial charge in [-0.15, -0.1) is 0 Å². The molecule has 0 fully saturated rings. The fourth-order valence-corrected chi connectivity index (χ4v) is 2.24. The first-order chi connectivity index (χ1) is 10.3. The molecule has 2 aromatic carbocycles. The minimum Gasteiger partial charge on any atom is -0.294 e. The molecule has 0 aliphatic rings. The van der Waals surface area contributed by atoms with Crippen LogP contribution in [0.1, 0.15) is 22.3 Å². The molecule has 0 saturated carbocycles. The first-order valence-electron chi connectivity index (χ1n) is 7.00. The Morgan fingerprint density at radius 2 is 1.62 bits per heavy atom. The molecule has 0 aliphatic carbocycles. The predicted molar refractivity (Wildman–Crippen MR) is 82.7 cm³/mol. The molecule has 1 heterocycles. The molecule has 3 aromatic rings. The number of carbonyl (C=O) groups excluding carboxylic acids is 1. The van der Waals surface area contributed by atoms with Gasteiger partial charge >= 0.3 is 0 Å². The van der Waals surface area contributed by atoms with Crippen LogP contribution in [0.4, 0.5) is 0 Å². The van der Waals surface area contributed by atoms with E-state index in [1.165, 1.54) is 0 Å². The maximum atomic E-state index is 12.1. The average Bonchev–Trinajstić information content (AvgIpc) is 3.03. The Morgan fingerprint density at radius 3 is 2.33 bits per heavy atom. The van der Waals surface area contributed by atoms with Crippen molar-refractivity contribution in [3.8, 4) is 5.69 Å². The number of nitrogens with zero attached hydrogens (tertiary/aromatic N) is 2. The van der Waals surface area contributed by atoms with Crippen molar-refractivity contribution >= 4 is 5.78 Å². The van der Waals surface area contributed by atoms with Gasteiger partial charge in [0, 0.05) is 18.2 Å². The summed E-state index contributed by atoms with van der Waals surface area (Å²) in [5.41, 5.74) is 2.87. The molecule has 0 aliphatic heterocycles. The molecule has 3 heteroatoms. The largest absolute Gasteiger partial charge is 0.294 e. The number of benzene rings is 2. The van der Waals surface area contributed by atoms with Gasteiger partial charge in [-0.05, 0) is 24.1 Å². The quantitative estimate of drug-likeness (QED) is 0.666. The van der Waals surface area contributed by atoms with Crippen LogP contribution in [0, 0.1) is 0 Å². The minimum atomic E-state index is 0.170. The molecule has 0 saturated heterocycles. The SMILES string of the molecule is O=C(CCc1cnn(-c2ccccc2)c1)c1ccccc1. The molecule has 3 rings (SSSR count). The van der Waals surface area contributed by atoms with Crippen LogP contribution in [0.15, 0.2) is 73.1 Å². The van der Waals surface area contributed by atoms with E-state index in [1.54, 1.807) is 0 Å². The Balaban J connectivity index is 1.64. The standard InChI is InChI=1S/C18H16N2O/c21-18(16-7-3-1-4-8-16)12-11-15-13-19-20(14-15)17-9-5-2-6-10-17/h1-10,13-14H,11-12H2. The third-order valence-corrected chi connectivity index (χ3v) is 3.39. The predicted octanol–water partition coefficient (Wildman–Crippen LogP) is 3.69. The van der Waals surface area contributed by atoms with E-state index >= 15 is 0 Å². The third-order valence-electron chi connectivity index (χ3n) is 3.39. The summed E-state index contributed by atoms with van der Waals surface area (Å²) in [5.74, 6) is 0.170. The van der Waals surface area contributed by atoms with Crippen molar-refractivity contribution in [2.24, 2.45) is 0 Å². The summed E-state index contributed by atoms with van der Waals surface area (Å²) in [6.45, 7) is 0. The maximum absolute atomic E-state index is 12.1. The van der Waals surface area contributed by atoms with Gasteiger partial charge in [0.1, 0.15) is 0 Å². The van der Waals surface area contributed by atoms with E-state index < -0.39 is 0 Å². The van der Waals surface area contributed by atoms with Gasteiger partial charge in [-0.3, -0.25) is 4.79 Å². The van der Waals surface area contributed by atoms with Gasteiger partial charge in [0.05, 0.1) is 11.9 Å². The van der Waals surface area contributed by atoms with Crippen LogP contribution in [0.25, 0.3) is 5.69 Å². The maximum Gasteiger partial charge on any atom is 0.163 e. The molecule has 0 atom stereocenters. The van der Waals surface area contributed by atoms with Gasteiger partial charge in [0.2, 0.25) is 0 Å². The van der Waals surface area contributed by atoms with Crippen LogP contribution in [0.5, 0.6) is 0 Å². The molecule has 3 nitrogen and oxygen atoms in total. The van der Waals surface area contributed by atoms with Crippen LogP contribution >= 0.6 is 0 Å². The zero-order valence-electron chi connectivity index (χ0n) is 11.6. The Morgan fingerprint density at radius 1 is 0.952 bits per heavy atom. The molecular formula is C18H16N2O. The zero-order valence-corrected chi connectivity index (χ0v) is 11.6. The summed E-state index contributed by atoms with van der Waals surface area (Å²) >= 11 is 0. The highest BCUT2D eigenvalue weighted by Crippen LogP contribution is 2.11. The second kappa shape index (κ2) is 6.18. The first kappa shape index (κ1) is 13.3. The van der Waals surface area contributed by atoms with Crippen molar-refractivity contribution in [1.82, 2.24) is 9.78 Å². The van der Waals surface area contributed by atoms with Gasteiger partial charge in [0.15, 0.2) is 5.78 Å². The van der Waals surface area contributed by atoms with E-state index in [1.807, 2.05) is 77.7 Å². The van der Waals surface area contributed by atoms with Crippen molar-refractivity contribution in [3.63, 3.8) is 0 Å². The summed E-state index contributed by atoms with van der Waals surface area (Å²) in [6.07, 6.45) is 5.02. The van der Waals surface area contributed by atoms with Crippen molar-refractivity contribution in [2.75, 3.05) is 0 Å². The fourth-order valence-electron chi connectivity index (χ4n) is 2.24. The van der Waals surface area contributed by atoms with Gasteiger partial charge < -0.3 is 0 Å². The van der Waals surface area contributed by atoms with Crippen LogP contribution in [0.2, 0.25) is 0 Å². The third kappa shape index (κ3) is 3.26. The lowest BCUT2D eigenvalue weighted by atomic mass is 10.0. The topological polar surface area (TPSA) is 34.9 Å². The van der Waals surface area contributed by atoms with E-state index in [0.717, 1.165) is 16.8 Å². The summed E-state index contributed by atoms with van der Waals surface area (Å²) in [6, 6.07) is 19.4. The second-order valence-electron chi connectivity index (χ2n) is 4.92. The minimum absolute atomic E-state index is 0.170. The second-order valence-corrected chi connectivity index (χ2v) is 4.92. The number of aromatic nitrogens is 2. The van der Waals surface area contributed by atoms with Gasteiger partial charge in [0.25, 0.3) is 0 Å². The van der Waals surface area contributed by atoms with E-state index in [4.69, 9.17) is 0 Å². The molecular weight excluding hydrogens is 260 g/mol. The van der Waals surface area contributed by atoms with Crippen LogP contribution < -0.4 is 0 Å². The normalized spacial score (nSPS) is 10.5. The first-order valence-corrected chi connectivity index (χ1v) is 7.00. The number of para-hydroxylation sites is 1.